The first-order valence-corrected chi connectivity index (χ1v) is 3.52. The average molecular weight is 177 g/mol. The monoisotopic (exact) mass is 177 g/mol. The SMILES string of the molecule is Nc1nc(N)nc(-c2cn[nH]c2)n1. The normalized spacial score (nSPS) is 10.2. The van der Waals surface area contributed by atoms with Gasteiger partial charge in [-0.2, -0.15) is 20.1 Å². The van der Waals surface area contributed by atoms with E-state index < -0.39 is 0 Å². The van der Waals surface area contributed by atoms with Gasteiger partial charge in [-0.1, -0.05) is 0 Å². The van der Waals surface area contributed by atoms with Gasteiger partial charge in [-0.05, 0) is 0 Å². The maximum absolute atomic E-state index is 5.39. The first kappa shape index (κ1) is 7.47. The highest BCUT2D eigenvalue weighted by Crippen LogP contribution is 2.13. The molecule has 7 nitrogen and oxygen atoms in total. The third kappa shape index (κ3) is 1.39. The van der Waals surface area contributed by atoms with Crippen LogP contribution in [0.5, 0.6) is 0 Å². The van der Waals surface area contributed by atoms with Gasteiger partial charge in [0.2, 0.25) is 11.9 Å². The molecule has 0 bridgehead atoms. The zero-order chi connectivity index (χ0) is 9.26. The molecule has 0 saturated carbocycles. The summed E-state index contributed by atoms with van der Waals surface area (Å²) in [7, 11) is 0. The van der Waals surface area contributed by atoms with E-state index in [4.69, 9.17) is 11.5 Å². The summed E-state index contributed by atoms with van der Waals surface area (Å²) in [5, 5.41) is 6.39. The zero-order valence-electron chi connectivity index (χ0n) is 6.60. The Morgan fingerprint density at radius 1 is 1.08 bits per heavy atom. The van der Waals surface area contributed by atoms with E-state index >= 15 is 0 Å². The second-order valence-corrected chi connectivity index (χ2v) is 2.36. The van der Waals surface area contributed by atoms with Crippen LogP contribution in [-0.4, -0.2) is 25.1 Å². The molecule has 2 heterocycles. The number of rotatable bonds is 1. The Balaban J connectivity index is 2.53. The maximum atomic E-state index is 5.39. The molecule has 2 aromatic rings. The molecule has 0 aromatic carbocycles. The second kappa shape index (κ2) is 2.70. The predicted octanol–water partition coefficient (Wildman–Crippen LogP) is -0.574. The first-order chi connectivity index (χ1) is 6.25. The molecule has 2 aromatic heterocycles. The van der Waals surface area contributed by atoms with Crippen molar-refractivity contribution in [3.05, 3.63) is 12.4 Å². The van der Waals surface area contributed by atoms with Crippen molar-refractivity contribution in [2.45, 2.75) is 0 Å². The summed E-state index contributed by atoms with van der Waals surface area (Å²) >= 11 is 0. The van der Waals surface area contributed by atoms with Crippen LogP contribution in [0.1, 0.15) is 0 Å². The van der Waals surface area contributed by atoms with Crippen LogP contribution in [-0.2, 0) is 0 Å². The first-order valence-electron chi connectivity index (χ1n) is 3.52. The van der Waals surface area contributed by atoms with Gasteiger partial charge in [-0.15, -0.1) is 0 Å². The van der Waals surface area contributed by atoms with E-state index in [0.717, 1.165) is 5.56 Å². The number of nitrogens with zero attached hydrogens (tertiary/aromatic N) is 4. The summed E-state index contributed by atoms with van der Waals surface area (Å²) in [5.41, 5.74) is 11.5. The molecular weight excluding hydrogens is 170 g/mol. The van der Waals surface area contributed by atoms with Crippen LogP contribution < -0.4 is 11.5 Å². The quantitative estimate of drug-likeness (QED) is 0.536. The van der Waals surface area contributed by atoms with E-state index in [2.05, 4.69) is 25.1 Å². The highest BCUT2D eigenvalue weighted by Gasteiger charge is 2.04. The minimum atomic E-state index is 0.101. The van der Waals surface area contributed by atoms with Crippen molar-refractivity contribution < 1.29 is 0 Å². The fraction of sp³-hybridized carbons (Fsp3) is 0. The zero-order valence-corrected chi connectivity index (χ0v) is 6.60. The predicted molar refractivity (Wildman–Crippen MR) is 46.2 cm³/mol. The molecule has 0 aliphatic heterocycles. The molecule has 0 saturated heterocycles. The van der Waals surface area contributed by atoms with Gasteiger partial charge in [0.1, 0.15) is 0 Å². The number of aromatic nitrogens is 5. The fourth-order valence-electron chi connectivity index (χ4n) is 0.912. The molecule has 0 unspecified atom stereocenters. The number of H-pyrrole nitrogens is 1. The van der Waals surface area contributed by atoms with Crippen LogP contribution in [0.15, 0.2) is 12.4 Å². The third-order valence-electron chi connectivity index (χ3n) is 1.43. The Labute approximate surface area is 73.2 Å². The van der Waals surface area contributed by atoms with E-state index in [0.29, 0.717) is 5.82 Å². The van der Waals surface area contributed by atoms with Crippen molar-refractivity contribution >= 4 is 11.9 Å². The lowest BCUT2D eigenvalue weighted by atomic mass is 10.3. The molecule has 0 atom stereocenters. The number of nitrogen functional groups attached to an aromatic ring is 2. The number of nitrogens with one attached hydrogen (secondary N) is 1. The topological polar surface area (TPSA) is 119 Å². The van der Waals surface area contributed by atoms with Crippen LogP contribution in [0.25, 0.3) is 11.4 Å². The van der Waals surface area contributed by atoms with Gasteiger partial charge in [-0.25, -0.2) is 0 Å². The number of nitrogens with two attached hydrogens (primary N) is 2. The standard InChI is InChI=1S/C6H7N7/c7-5-11-4(12-6(8)13-5)3-1-9-10-2-3/h1-2H,(H,9,10)(H4,7,8,11,12,13). The average Bonchev–Trinajstić information content (AvgIpc) is 2.53. The molecule has 0 amide bonds. The Kier molecular flexibility index (Phi) is 1.55. The van der Waals surface area contributed by atoms with Crippen molar-refractivity contribution in [2.75, 3.05) is 11.5 Å². The van der Waals surface area contributed by atoms with Gasteiger partial charge in [0.25, 0.3) is 0 Å². The molecular formula is C6H7N7. The summed E-state index contributed by atoms with van der Waals surface area (Å²) in [4.78, 5) is 11.4. The molecule has 0 spiro atoms. The largest absolute Gasteiger partial charge is 0.368 e. The molecule has 2 rings (SSSR count). The Morgan fingerprint density at radius 3 is 2.31 bits per heavy atom. The molecule has 0 radical (unpaired) electrons. The maximum Gasteiger partial charge on any atom is 0.225 e. The highest BCUT2D eigenvalue weighted by molar-refractivity contribution is 5.54. The van der Waals surface area contributed by atoms with Crippen molar-refractivity contribution in [1.29, 1.82) is 0 Å². The van der Waals surface area contributed by atoms with Crippen LogP contribution in [0.4, 0.5) is 11.9 Å². The van der Waals surface area contributed by atoms with Gasteiger partial charge in [0, 0.05) is 6.20 Å². The minimum Gasteiger partial charge on any atom is -0.368 e. The van der Waals surface area contributed by atoms with Crippen molar-refractivity contribution in [1.82, 2.24) is 25.1 Å². The number of hydrogen-bond donors (Lipinski definition) is 3. The van der Waals surface area contributed by atoms with E-state index in [1.807, 2.05) is 0 Å². The Morgan fingerprint density at radius 2 is 1.77 bits per heavy atom. The Hall–Kier alpha value is -2.18. The van der Waals surface area contributed by atoms with Gasteiger partial charge in [0.15, 0.2) is 5.82 Å². The van der Waals surface area contributed by atoms with Gasteiger partial charge in [-0.3, -0.25) is 5.10 Å². The lowest BCUT2D eigenvalue weighted by Gasteiger charge is -1.97. The number of anilines is 2. The molecule has 0 fully saturated rings. The van der Waals surface area contributed by atoms with Crippen molar-refractivity contribution in [2.24, 2.45) is 0 Å². The molecule has 5 N–H and O–H groups in total. The second-order valence-electron chi connectivity index (χ2n) is 2.36. The Bertz CT molecular complexity index is 387. The van der Waals surface area contributed by atoms with Crippen LogP contribution in [0, 0.1) is 0 Å². The fourth-order valence-corrected chi connectivity index (χ4v) is 0.912. The number of aromatic amines is 1. The lowest BCUT2D eigenvalue weighted by Crippen LogP contribution is -2.03. The molecule has 66 valence electrons. The van der Waals surface area contributed by atoms with E-state index in [9.17, 15) is 0 Å². The van der Waals surface area contributed by atoms with Crippen molar-refractivity contribution in [3.63, 3.8) is 0 Å². The molecule has 0 aliphatic rings. The smallest absolute Gasteiger partial charge is 0.225 e. The molecule has 13 heavy (non-hydrogen) atoms. The van der Waals surface area contributed by atoms with E-state index in [1.165, 1.54) is 0 Å². The van der Waals surface area contributed by atoms with Crippen LogP contribution in [0.3, 0.4) is 0 Å². The van der Waals surface area contributed by atoms with Crippen molar-refractivity contribution in [3.8, 4) is 11.4 Å². The highest BCUT2D eigenvalue weighted by atomic mass is 15.2. The minimum absolute atomic E-state index is 0.101. The van der Waals surface area contributed by atoms with Gasteiger partial charge in [0.05, 0.1) is 11.8 Å². The van der Waals surface area contributed by atoms with Gasteiger partial charge >= 0.3 is 0 Å². The summed E-state index contributed by atoms with van der Waals surface area (Å²) in [6.45, 7) is 0. The van der Waals surface area contributed by atoms with Gasteiger partial charge < -0.3 is 11.5 Å². The van der Waals surface area contributed by atoms with E-state index in [-0.39, 0.29) is 11.9 Å². The lowest BCUT2D eigenvalue weighted by molar-refractivity contribution is 1.09. The molecule has 0 aliphatic carbocycles. The summed E-state index contributed by atoms with van der Waals surface area (Å²) in [5.74, 6) is 0.617. The molecule has 7 heteroatoms. The summed E-state index contributed by atoms with van der Waals surface area (Å²) in [6.07, 6.45) is 3.22. The van der Waals surface area contributed by atoms with Crippen LogP contribution >= 0.6 is 0 Å². The summed E-state index contributed by atoms with van der Waals surface area (Å²) in [6, 6.07) is 0. The summed E-state index contributed by atoms with van der Waals surface area (Å²) < 4.78 is 0. The van der Waals surface area contributed by atoms with Crippen LogP contribution in [0.2, 0.25) is 0 Å². The van der Waals surface area contributed by atoms with E-state index in [1.54, 1.807) is 12.4 Å². The number of hydrogen-bond acceptors (Lipinski definition) is 6. The third-order valence-corrected chi connectivity index (χ3v) is 1.43.